The van der Waals surface area contributed by atoms with Crippen LogP contribution in [0, 0.1) is 0 Å². The summed E-state index contributed by atoms with van der Waals surface area (Å²) in [6, 6.07) is 13.4. The van der Waals surface area contributed by atoms with Crippen molar-refractivity contribution in [1.29, 1.82) is 0 Å². The number of rotatable bonds is 10. The molecule has 2 amide bonds. The summed E-state index contributed by atoms with van der Waals surface area (Å²) in [5, 5.41) is 3.42. The summed E-state index contributed by atoms with van der Waals surface area (Å²) in [7, 11) is 4.72. The number of nitrogens with one attached hydrogen (secondary N) is 1. The lowest BCUT2D eigenvalue weighted by atomic mass is 10.2. The molecule has 0 fully saturated rings. The minimum Gasteiger partial charge on any atom is -0.497 e. The first-order chi connectivity index (χ1) is 16.0. The first-order valence-corrected chi connectivity index (χ1v) is 10.7. The quantitative estimate of drug-likeness (QED) is 0.505. The van der Waals surface area contributed by atoms with E-state index in [9.17, 15) is 9.59 Å². The van der Waals surface area contributed by atoms with Crippen molar-refractivity contribution < 1.29 is 19.0 Å². The second kappa shape index (κ2) is 11.4. The summed E-state index contributed by atoms with van der Waals surface area (Å²) < 4.78 is 17.3. The van der Waals surface area contributed by atoms with E-state index in [1.54, 1.807) is 67.2 Å². The number of benzene rings is 2. The van der Waals surface area contributed by atoms with Crippen LogP contribution in [0.3, 0.4) is 0 Å². The van der Waals surface area contributed by atoms with Crippen LogP contribution < -0.4 is 15.6 Å². The molecule has 1 heterocycles. The average Bonchev–Trinajstić information content (AvgIpc) is 2.83. The Bertz CT molecular complexity index is 1150. The van der Waals surface area contributed by atoms with Crippen LogP contribution in [-0.4, -0.2) is 61.6 Å². The van der Waals surface area contributed by atoms with Crippen LogP contribution in [0.2, 0.25) is 0 Å². The Morgan fingerprint density at radius 1 is 1.09 bits per heavy atom. The molecular formula is C24H30N4O5. The molecule has 1 unspecified atom stereocenters. The van der Waals surface area contributed by atoms with E-state index in [1.165, 1.54) is 0 Å². The van der Waals surface area contributed by atoms with Gasteiger partial charge < -0.3 is 24.4 Å². The maximum absolute atomic E-state index is 13.3. The number of hydrogen-bond acceptors (Lipinski definition) is 6. The van der Waals surface area contributed by atoms with E-state index < -0.39 is 6.04 Å². The second-order valence-electron chi connectivity index (χ2n) is 7.46. The highest BCUT2D eigenvalue weighted by Crippen LogP contribution is 2.23. The minimum atomic E-state index is -0.514. The van der Waals surface area contributed by atoms with Gasteiger partial charge >= 0.3 is 6.03 Å². The van der Waals surface area contributed by atoms with Crippen LogP contribution in [0.25, 0.3) is 10.9 Å². The highest BCUT2D eigenvalue weighted by Gasteiger charge is 2.26. The Morgan fingerprint density at radius 3 is 2.58 bits per heavy atom. The summed E-state index contributed by atoms with van der Waals surface area (Å²) in [5.41, 5.74) is 1.01. The van der Waals surface area contributed by atoms with Gasteiger partial charge in [0.05, 0.1) is 43.8 Å². The average molecular weight is 455 g/mol. The molecule has 0 spiro atoms. The second-order valence-corrected chi connectivity index (χ2v) is 7.46. The molecule has 0 aliphatic heterocycles. The fourth-order valence-electron chi connectivity index (χ4n) is 3.60. The van der Waals surface area contributed by atoms with E-state index >= 15 is 0 Å². The van der Waals surface area contributed by atoms with Gasteiger partial charge in [0.25, 0.3) is 5.56 Å². The number of anilines is 1. The van der Waals surface area contributed by atoms with Gasteiger partial charge in [-0.15, -0.1) is 0 Å². The zero-order chi connectivity index (χ0) is 23.8. The number of carbonyl (C=O) groups is 1. The lowest BCUT2D eigenvalue weighted by Crippen LogP contribution is -2.42. The van der Waals surface area contributed by atoms with E-state index in [0.717, 1.165) is 0 Å². The molecule has 1 atom stereocenters. The van der Waals surface area contributed by atoms with Crippen LogP contribution in [0.5, 0.6) is 5.75 Å². The van der Waals surface area contributed by atoms with Crippen molar-refractivity contribution in [2.24, 2.45) is 0 Å². The largest absolute Gasteiger partial charge is 0.497 e. The molecule has 0 aliphatic carbocycles. The summed E-state index contributed by atoms with van der Waals surface area (Å²) >= 11 is 0. The molecule has 3 aromatic rings. The molecule has 2 aromatic carbocycles. The number of urea groups is 1. The molecule has 3 rings (SSSR count). The molecule has 1 aromatic heterocycles. The molecule has 1 N–H and O–H groups in total. The highest BCUT2D eigenvalue weighted by molar-refractivity contribution is 5.89. The molecule has 0 saturated heterocycles. The van der Waals surface area contributed by atoms with Crippen molar-refractivity contribution in [3.05, 3.63) is 64.7 Å². The van der Waals surface area contributed by atoms with Crippen LogP contribution in [0.15, 0.2) is 53.3 Å². The molecule has 0 aliphatic rings. The fourth-order valence-corrected chi connectivity index (χ4v) is 3.60. The van der Waals surface area contributed by atoms with Gasteiger partial charge in [-0.2, -0.15) is 0 Å². The number of ether oxygens (including phenoxy) is 3. The van der Waals surface area contributed by atoms with Gasteiger partial charge in [0.1, 0.15) is 11.6 Å². The number of hydrogen-bond donors (Lipinski definition) is 1. The van der Waals surface area contributed by atoms with Gasteiger partial charge in [-0.25, -0.2) is 9.78 Å². The normalized spacial score (nSPS) is 11.9. The number of amides is 2. The Kier molecular flexibility index (Phi) is 8.39. The molecule has 33 heavy (non-hydrogen) atoms. The van der Waals surface area contributed by atoms with Crippen LogP contribution in [-0.2, 0) is 16.0 Å². The predicted octanol–water partition coefficient (Wildman–Crippen LogP) is 3.29. The van der Waals surface area contributed by atoms with Crippen molar-refractivity contribution in [1.82, 2.24) is 14.5 Å². The van der Waals surface area contributed by atoms with E-state index in [-0.39, 0.29) is 11.6 Å². The summed E-state index contributed by atoms with van der Waals surface area (Å²) in [4.78, 5) is 32.9. The SMILES string of the molecule is COCCN(C(=O)Nc1cccc(OC)c1)C(C)c1nc2ccccc2c(=O)n1CCOC. The van der Waals surface area contributed by atoms with Gasteiger partial charge in [-0.3, -0.25) is 9.36 Å². The lowest BCUT2D eigenvalue weighted by molar-refractivity contribution is 0.134. The first-order valence-electron chi connectivity index (χ1n) is 10.7. The third kappa shape index (κ3) is 5.68. The number of nitrogens with zero attached hydrogens (tertiary/aromatic N) is 3. The Labute approximate surface area is 192 Å². The summed E-state index contributed by atoms with van der Waals surface area (Å²) in [5.74, 6) is 1.11. The topological polar surface area (TPSA) is 94.9 Å². The van der Waals surface area contributed by atoms with E-state index in [0.29, 0.717) is 54.5 Å². The number of carbonyl (C=O) groups excluding carboxylic acids is 1. The zero-order valence-electron chi connectivity index (χ0n) is 19.4. The van der Waals surface area contributed by atoms with Gasteiger partial charge in [-0.05, 0) is 31.2 Å². The molecule has 0 bridgehead atoms. The Hall–Kier alpha value is -3.43. The smallest absolute Gasteiger partial charge is 0.322 e. The van der Waals surface area contributed by atoms with E-state index in [4.69, 9.17) is 19.2 Å². The van der Waals surface area contributed by atoms with E-state index in [2.05, 4.69) is 5.32 Å². The van der Waals surface area contributed by atoms with Crippen LogP contribution >= 0.6 is 0 Å². The van der Waals surface area contributed by atoms with Crippen molar-refractivity contribution in [2.45, 2.75) is 19.5 Å². The van der Waals surface area contributed by atoms with E-state index in [1.807, 2.05) is 19.1 Å². The highest BCUT2D eigenvalue weighted by atomic mass is 16.5. The number of methoxy groups -OCH3 is 3. The minimum absolute atomic E-state index is 0.167. The van der Waals surface area contributed by atoms with Crippen molar-refractivity contribution >= 4 is 22.6 Å². The Balaban J connectivity index is 2.00. The molecule has 9 heteroatoms. The molecule has 9 nitrogen and oxygen atoms in total. The molecule has 0 radical (unpaired) electrons. The van der Waals surface area contributed by atoms with Crippen LogP contribution in [0.1, 0.15) is 18.8 Å². The number of aromatic nitrogens is 2. The standard InChI is InChI=1S/C24H30N4O5/c1-17(22-26-21-11-6-5-10-20(21)23(29)28(22)13-15-32-3)27(12-14-31-2)24(30)25-18-8-7-9-19(16-18)33-4/h5-11,16-17H,12-15H2,1-4H3,(H,25,30). The Morgan fingerprint density at radius 2 is 1.85 bits per heavy atom. The third-order valence-corrected chi connectivity index (χ3v) is 5.37. The van der Waals surface area contributed by atoms with Gasteiger partial charge in [0.2, 0.25) is 0 Å². The van der Waals surface area contributed by atoms with Crippen molar-refractivity contribution in [3.63, 3.8) is 0 Å². The third-order valence-electron chi connectivity index (χ3n) is 5.37. The first kappa shape index (κ1) is 24.2. The summed E-state index contributed by atoms with van der Waals surface area (Å²) in [6.07, 6.45) is 0. The number of para-hydroxylation sites is 1. The summed E-state index contributed by atoms with van der Waals surface area (Å²) in [6.45, 7) is 3.14. The van der Waals surface area contributed by atoms with Crippen LogP contribution in [0.4, 0.5) is 10.5 Å². The molecular weight excluding hydrogens is 424 g/mol. The number of fused-ring (bicyclic) bond motifs is 1. The van der Waals surface area contributed by atoms with Gasteiger partial charge in [0, 0.05) is 32.5 Å². The molecule has 0 saturated carbocycles. The monoisotopic (exact) mass is 454 g/mol. The van der Waals surface area contributed by atoms with Crippen molar-refractivity contribution in [2.75, 3.05) is 46.4 Å². The predicted molar refractivity (Wildman–Crippen MR) is 127 cm³/mol. The lowest BCUT2D eigenvalue weighted by Gasteiger charge is -2.30. The maximum atomic E-state index is 13.3. The fraction of sp³-hybridized carbons (Fsp3) is 0.375. The zero-order valence-corrected chi connectivity index (χ0v) is 19.4. The van der Waals surface area contributed by atoms with Gasteiger partial charge in [0.15, 0.2) is 0 Å². The van der Waals surface area contributed by atoms with Gasteiger partial charge in [-0.1, -0.05) is 18.2 Å². The maximum Gasteiger partial charge on any atom is 0.322 e. The van der Waals surface area contributed by atoms with Crippen molar-refractivity contribution in [3.8, 4) is 5.75 Å². The molecule has 176 valence electrons.